The van der Waals surface area contributed by atoms with Gasteiger partial charge in [-0.1, -0.05) is 6.07 Å². The Kier molecular flexibility index (Phi) is 5.25. The largest absolute Gasteiger partial charge is 0.486 e. The zero-order chi connectivity index (χ0) is 18.7. The van der Waals surface area contributed by atoms with E-state index in [4.69, 9.17) is 14.2 Å². The molecule has 0 spiro atoms. The van der Waals surface area contributed by atoms with Crippen LogP contribution in [0.1, 0.15) is 37.6 Å². The lowest BCUT2D eigenvalue weighted by molar-refractivity contribution is 0.0520. The number of hydrogen-bond donors (Lipinski definition) is 1. The van der Waals surface area contributed by atoms with E-state index in [1.165, 1.54) is 0 Å². The third kappa shape index (κ3) is 4.39. The minimum Gasteiger partial charge on any atom is -0.486 e. The van der Waals surface area contributed by atoms with Crippen LogP contribution in [0.3, 0.4) is 0 Å². The van der Waals surface area contributed by atoms with Gasteiger partial charge in [-0.2, -0.15) is 0 Å². The first-order chi connectivity index (χ1) is 12.3. The summed E-state index contributed by atoms with van der Waals surface area (Å²) >= 11 is 0. The fraction of sp³-hybridized carbons (Fsp3) is 0.579. The summed E-state index contributed by atoms with van der Waals surface area (Å²) in [6.45, 7) is 8.17. The molecule has 26 heavy (non-hydrogen) atoms. The first-order valence-corrected chi connectivity index (χ1v) is 8.98. The first kappa shape index (κ1) is 18.4. The van der Waals surface area contributed by atoms with Gasteiger partial charge in [0.05, 0.1) is 5.56 Å². The minimum atomic E-state index is -0.518. The molecule has 0 radical (unpaired) electrons. The molecular weight excluding hydrogens is 336 g/mol. The molecule has 0 aromatic heterocycles. The van der Waals surface area contributed by atoms with Gasteiger partial charge in [-0.15, -0.1) is 0 Å². The average molecular weight is 362 g/mol. The lowest BCUT2D eigenvalue weighted by Crippen LogP contribution is -2.36. The molecule has 1 fully saturated rings. The Bertz CT molecular complexity index is 683. The number of alkyl carbamates (subject to hydrolysis) is 1. The summed E-state index contributed by atoms with van der Waals surface area (Å²) in [7, 11) is 0. The highest BCUT2D eigenvalue weighted by Gasteiger charge is 2.30. The number of ether oxygens (including phenoxy) is 3. The van der Waals surface area contributed by atoms with E-state index in [2.05, 4.69) is 5.32 Å². The van der Waals surface area contributed by atoms with Crippen molar-refractivity contribution in [1.29, 1.82) is 0 Å². The lowest BCUT2D eigenvalue weighted by Gasteiger charge is -2.23. The van der Waals surface area contributed by atoms with E-state index < -0.39 is 11.7 Å². The summed E-state index contributed by atoms with van der Waals surface area (Å²) < 4.78 is 16.4. The maximum absolute atomic E-state index is 12.9. The number of nitrogens with one attached hydrogen (secondary N) is 1. The van der Waals surface area contributed by atoms with Crippen molar-refractivity contribution in [2.24, 2.45) is 5.92 Å². The van der Waals surface area contributed by atoms with Crippen molar-refractivity contribution < 1.29 is 23.8 Å². The van der Waals surface area contributed by atoms with Crippen molar-refractivity contribution in [3.8, 4) is 11.5 Å². The number of rotatable bonds is 3. The van der Waals surface area contributed by atoms with Crippen molar-refractivity contribution >= 4 is 12.0 Å². The summed E-state index contributed by atoms with van der Waals surface area (Å²) in [6, 6.07) is 5.38. The molecule has 1 N–H and O–H groups in total. The summed E-state index contributed by atoms with van der Waals surface area (Å²) in [5.74, 6) is 1.29. The molecule has 0 saturated carbocycles. The van der Waals surface area contributed by atoms with E-state index >= 15 is 0 Å². The highest BCUT2D eigenvalue weighted by atomic mass is 16.6. The topological polar surface area (TPSA) is 77.1 Å². The maximum atomic E-state index is 12.9. The smallest absolute Gasteiger partial charge is 0.407 e. The lowest BCUT2D eigenvalue weighted by atomic mass is 10.1. The van der Waals surface area contributed by atoms with Crippen LogP contribution in [0.25, 0.3) is 0 Å². The number of nitrogens with zero attached hydrogens (tertiary/aromatic N) is 1. The van der Waals surface area contributed by atoms with Crippen LogP contribution in [0.4, 0.5) is 4.79 Å². The Labute approximate surface area is 153 Å². The predicted molar refractivity (Wildman–Crippen MR) is 95.7 cm³/mol. The number of benzene rings is 1. The number of carbonyl (C=O) groups excluding carboxylic acids is 2. The van der Waals surface area contributed by atoms with Gasteiger partial charge in [-0.3, -0.25) is 4.79 Å². The number of para-hydroxylation sites is 1. The zero-order valence-electron chi connectivity index (χ0n) is 15.5. The van der Waals surface area contributed by atoms with Crippen molar-refractivity contribution in [3.63, 3.8) is 0 Å². The standard InChI is InChI=1S/C19H26N2O5/c1-19(2,3)26-18(23)20-11-13-7-8-21(12-13)17(22)14-5-4-6-15-16(14)25-10-9-24-15/h4-6,13H,7-12H2,1-3H3,(H,20,23)/t13-/m0/s1. The fourth-order valence-electron chi connectivity index (χ4n) is 3.14. The second-order valence-electron chi connectivity index (χ2n) is 7.62. The molecule has 1 saturated heterocycles. The van der Waals surface area contributed by atoms with Crippen molar-refractivity contribution in [2.45, 2.75) is 32.8 Å². The van der Waals surface area contributed by atoms with E-state index in [1.54, 1.807) is 17.0 Å². The number of fused-ring (bicyclic) bond motifs is 1. The van der Waals surface area contributed by atoms with Crippen molar-refractivity contribution in [3.05, 3.63) is 23.8 Å². The van der Waals surface area contributed by atoms with E-state index in [9.17, 15) is 9.59 Å². The molecule has 2 aliphatic rings. The van der Waals surface area contributed by atoms with E-state index in [0.717, 1.165) is 6.42 Å². The first-order valence-electron chi connectivity index (χ1n) is 8.98. The number of amides is 2. The van der Waals surface area contributed by atoms with Crippen LogP contribution in [-0.2, 0) is 4.74 Å². The monoisotopic (exact) mass is 362 g/mol. The summed E-state index contributed by atoms with van der Waals surface area (Å²) in [5.41, 5.74) is 0.0129. The normalized spacial score (nSPS) is 19.2. The van der Waals surface area contributed by atoms with E-state index in [1.807, 2.05) is 26.8 Å². The fourth-order valence-corrected chi connectivity index (χ4v) is 3.14. The van der Waals surface area contributed by atoms with Gasteiger partial charge in [0.1, 0.15) is 18.8 Å². The van der Waals surface area contributed by atoms with Crippen LogP contribution in [0, 0.1) is 5.92 Å². The summed E-state index contributed by atoms with van der Waals surface area (Å²) in [5, 5.41) is 2.79. The molecule has 2 aliphatic heterocycles. The molecule has 1 atom stereocenters. The molecule has 2 amide bonds. The Morgan fingerprint density at radius 1 is 1.27 bits per heavy atom. The molecule has 3 rings (SSSR count). The minimum absolute atomic E-state index is 0.0629. The summed E-state index contributed by atoms with van der Waals surface area (Å²) in [4.78, 5) is 26.4. The Hall–Kier alpha value is -2.44. The maximum Gasteiger partial charge on any atom is 0.407 e. The van der Waals surface area contributed by atoms with Gasteiger partial charge < -0.3 is 24.4 Å². The highest BCUT2D eigenvalue weighted by molar-refractivity contribution is 5.98. The molecule has 0 unspecified atom stereocenters. The molecular formula is C19H26N2O5. The molecule has 2 heterocycles. The molecule has 7 heteroatoms. The van der Waals surface area contributed by atoms with Crippen LogP contribution < -0.4 is 14.8 Å². The van der Waals surface area contributed by atoms with Gasteiger partial charge in [0.2, 0.25) is 0 Å². The Balaban J connectivity index is 1.56. The third-order valence-electron chi connectivity index (χ3n) is 4.30. The van der Waals surface area contributed by atoms with Crippen LogP contribution in [0.15, 0.2) is 18.2 Å². The van der Waals surface area contributed by atoms with Crippen LogP contribution in [-0.4, -0.2) is 55.3 Å². The number of carbonyl (C=O) groups is 2. The second kappa shape index (κ2) is 7.43. The van der Waals surface area contributed by atoms with Gasteiger partial charge >= 0.3 is 6.09 Å². The number of hydrogen-bond acceptors (Lipinski definition) is 5. The Morgan fingerprint density at radius 3 is 2.81 bits per heavy atom. The molecule has 0 aliphatic carbocycles. The van der Waals surface area contributed by atoms with Crippen molar-refractivity contribution in [1.82, 2.24) is 10.2 Å². The zero-order valence-corrected chi connectivity index (χ0v) is 15.5. The number of likely N-dealkylation sites (tertiary alicyclic amines) is 1. The Morgan fingerprint density at radius 2 is 2.04 bits per heavy atom. The summed E-state index contributed by atoms with van der Waals surface area (Å²) in [6.07, 6.45) is 0.415. The van der Waals surface area contributed by atoms with Crippen LogP contribution in [0.5, 0.6) is 11.5 Å². The van der Waals surface area contributed by atoms with Gasteiger partial charge in [0.25, 0.3) is 5.91 Å². The third-order valence-corrected chi connectivity index (χ3v) is 4.30. The quantitative estimate of drug-likeness (QED) is 0.894. The average Bonchev–Trinajstić information content (AvgIpc) is 3.06. The van der Waals surface area contributed by atoms with Gasteiger partial charge in [0, 0.05) is 19.6 Å². The molecule has 7 nitrogen and oxygen atoms in total. The molecule has 0 bridgehead atoms. The van der Waals surface area contributed by atoms with Crippen LogP contribution >= 0.6 is 0 Å². The van der Waals surface area contributed by atoms with E-state index in [-0.39, 0.29) is 11.8 Å². The SMILES string of the molecule is CC(C)(C)OC(=O)NC[C@@H]1CCN(C(=O)c2cccc3c2OCCO3)C1. The van der Waals surface area contributed by atoms with Gasteiger partial charge in [-0.25, -0.2) is 4.79 Å². The molecule has 1 aromatic carbocycles. The van der Waals surface area contributed by atoms with Gasteiger partial charge in [-0.05, 0) is 45.2 Å². The highest BCUT2D eigenvalue weighted by Crippen LogP contribution is 2.35. The van der Waals surface area contributed by atoms with Crippen LogP contribution in [0.2, 0.25) is 0 Å². The van der Waals surface area contributed by atoms with Crippen molar-refractivity contribution in [2.75, 3.05) is 32.8 Å². The molecule has 1 aromatic rings. The van der Waals surface area contributed by atoms with Gasteiger partial charge in [0.15, 0.2) is 11.5 Å². The predicted octanol–water partition coefficient (Wildman–Crippen LogP) is 2.44. The molecule has 142 valence electrons. The second-order valence-corrected chi connectivity index (χ2v) is 7.62. The van der Waals surface area contributed by atoms with E-state index in [0.29, 0.717) is 49.9 Å².